The first-order valence-corrected chi connectivity index (χ1v) is 7.17. The zero-order chi connectivity index (χ0) is 16.2. The van der Waals surface area contributed by atoms with E-state index in [1.807, 2.05) is 18.2 Å². The van der Waals surface area contributed by atoms with Crippen molar-refractivity contribution in [1.29, 1.82) is 0 Å². The molecule has 1 aromatic heterocycles. The second-order valence-electron chi connectivity index (χ2n) is 4.78. The molecule has 0 fully saturated rings. The minimum Gasteiger partial charge on any atom is -0.473 e. The van der Waals surface area contributed by atoms with Crippen molar-refractivity contribution in [2.24, 2.45) is 0 Å². The van der Waals surface area contributed by atoms with E-state index in [2.05, 4.69) is 10.2 Å². The molecule has 0 saturated heterocycles. The number of rotatable bonds is 5. The first kappa shape index (κ1) is 15.1. The molecule has 0 amide bonds. The summed E-state index contributed by atoms with van der Waals surface area (Å²) >= 11 is 5.91. The summed E-state index contributed by atoms with van der Waals surface area (Å²) in [5.41, 5.74) is 2.07. The van der Waals surface area contributed by atoms with Gasteiger partial charge in [0.05, 0.1) is 16.7 Å². The molecule has 2 aromatic carbocycles. The van der Waals surface area contributed by atoms with Crippen LogP contribution in [0.1, 0.15) is 5.56 Å². The number of H-pyrrole nitrogens is 1. The summed E-state index contributed by atoms with van der Waals surface area (Å²) < 4.78 is 5.56. The molecule has 1 heterocycles. The molecule has 0 unspecified atom stereocenters. The number of aromatic amines is 1. The van der Waals surface area contributed by atoms with Gasteiger partial charge in [-0.05, 0) is 23.3 Å². The molecule has 0 bridgehead atoms. The van der Waals surface area contributed by atoms with Gasteiger partial charge in [-0.1, -0.05) is 35.9 Å². The number of hydrogen-bond acceptors (Lipinski definition) is 4. The highest BCUT2D eigenvalue weighted by Gasteiger charge is 2.19. The SMILES string of the molecule is O=[N+]([O-])c1cccc(-c2ccc(Cl)cc2)c1COc1ccn[nH]1. The maximum Gasteiger partial charge on any atom is 0.276 e. The van der Waals surface area contributed by atoms with Gasteiger partial charge in [-0.15, -0.1) is 0 Å². The number of hydrogen-bond donors (Lipinski definition) is 1. The topological polar surface area (TPSA) is 81.1 Å². The Bertz CT molecular complexity index is 817. The average Bonchev–Trinajstić information content (AvgIpc) is 3.06. The van der Waals surface area contributed by atoms with Crippen molar-refractivity contribution in [1.82, 2.24) is 10.2 Å². The van der Waals surface area contributed by atoms with Gasteiger partial charge < -0.3 is 4.74 Å². The number of nitrogens with one attached hydrogen (secondary N) is 1. The van der Waals surface area contributed by atoms with Crippen molar-refractivity contribution in [3.05, 3.63) is 75.4 Å². The fraction of sp³-hybridized carbons (Fsp3) is 0.0625. The van der Waals surface area contributed by atoms with Gasteiger partial charge in [-0.25, -0.2) is 5.10 Å². The zero-order valence-electron chi connectivity index (χ0n) is 11.9. The third kappa shape index (κ3) is 3.32. The van der Waals surface area contributed by atoms with E-state index < -0.39 is 4.92 Å². The van der Waals surface area contributed by atoms with Crippen molar-refractivity contribution >= 4 is 17.3 Å². The molecule has 3 rings (SSSR count). The maximum atomic E-state index is 11.3. The standard InChI is InChI=1S/C16H12ClN3O3/c17-12-6-4-11(5-7-12)13-2-1-3-15(20(21)22)14(13)10-23-16-8-9-18-19-16/h1-9H,10H2,(H,18,19). The zero-order valence-corrected chi connectivity index (χ0v) is 12.7. The molecule has 1 N–H and O–H groups in total. The molecule has 0 saturated carbocycles. The third-order valence-electron chi connectivity index (χ3n) is 3.35. The molecule has 0 aliphatic heterocycles. The smallest absolute Gasteiger partial charge is 0.276 e. The molecule has 0 radical (unpaired) electrons. The van der Waals surface area contributed by atoms with Gasteiger partial charge in [-0.2, -0.15) is 5.10 Å². The fourth-order valence-corrected chi connectivity index (χ4v) is 2.40. The molecule has 3 aromatic rings. The molecule has 0 spiro atoms. The highest BCUT2D eigenvalue weighted by Crippen LogP contribution is 2.32. The number of aromatic nitrogens is 2. The molecule has 0 aliphatic carbocycles. The first-order chi connectivity index (χ1) is 11.1. The van der Waals surface area contributed by atoms with Crippen LogP contribution < -0.4 is 4.74 Å². The van der Waals surface area contributed by atoms with Crippen LogP contribution in [0, 0.1) is 10.1 Å². The van der Waals surface area contributed by atoms with Gasteiger partial charge in [0.2, 0.25) is 5.88 Å². The van der Waals surface area contributed by atoms with Crippen LogP contribution in [-0.2, 0) is 6.61 Å². The lowest BCUT2D eigenvalue weighted by Crippen LogP contribution is -2.03. The molecule has 6 nitrogen and oxygen atoms in total. The number of benzene rings is 2. The predicted octanol–water partition coefficient (Wildman–Crippen LogP) is 4.22. The van der Waals surface area contributed by atoms with E-state index in [1.54, 1.807) is 30.5 Å². The normalized spacial score (nSPS) is 10.5. The van der Waals surface area contributed by atoms with Gasteiger partial charge in [0, 0.05) is 17.2 Å². The summed E-state index contributed by atoms with van der Waals surface area (Å²) in [6, 6.07) is 13.7. The Kier molecular flexibility index (Phi) is 4.25. The van der Waals surface area contributed by atoms with Gasteiger partial charge in [0.25, 0.3) is 5.69 Å². The Morgan fingerprint density at radius 2 is 1.96 bits per heavy atom. The Hall–Kier alpha value is -2.86. The minimum absolute atomic E-state index is 0.0111. The van der Waals surface area contributed by atoms with Gasteiger partial charge in [-0.3, -0.25) is 10.1 Å². The summed E-state index contributed by atoms with van der Waals surface area (Å²) in [6.07, 6.45) is 1.55. The lowest BCUT2D eigenvalue weighted by atomic mass is 9.98. The van der Waals surface area contributed by atoms with Crippen LogP contribution in [0.5, 0.6) is 5.88 Å². The molecule has 0 aliphatic rings. The Balaban J connectivity index is 2.02. The van der Waals surface area contributed by atoms with E-state index >= 15 is 0 Å². The summed E-state index contributed by atoms with van der Waals surface area (Å²) in [4.78, 5) is 10.9. The van der Waals surface area contributed by atoms with Crippen LogP contribution in [0.2, 0.25) is 5.02 Å². The van der Waals surface area contributed by atoms with E-state index in [9.17, 15) is 10.1 Å². The number of nitro groups is 1. The van der Waals surface area contributed by atoms with E-state index in [0.717, 1.165) is 11.1 Å². The lowest BCUT2D eigenvalue weighted by Gasteiger charge is -2.11. The van der Waals surface area contributed by atoms with Crippen molar-refractivity contribution in [3.8, 4) is 17.0 Å². The number of ether oxygens (including phenoxy) is 1. The van der Waals surface area contributed by atoms with E-state index in [1.165, 1.54) is 6.07 Å². The molecular weight excluding hydrogens is 318 g/mol. The second-order valence-corrected chi connectivity index (χ2v) is 5.21. The monoisotopic (exact) mass is 329 g/mol. The Morgan fingerprint density at radius 3 is 2.61 bits per heavy atom. The highest BCUT2D eigenvalue weighted by atomic mass is 35.5. The first-order valence-electron chi connectivity index (χ1n) is 6.79. The van der Waals surface area contributed by atoms with Crippen LogP contribution in [0.15, 0.2) is 54.7 Å². The minimum atomic E-state index is -0.412. The maximum absolute atomic E-state index is 11.3. The van der Waals surface area contributed by atoms with Crippen molar-refractivity contribution in [2.75, 3.05) is 0 Å². The van der Waals surface area contributed by atoms with Crippen molar-refractivity contribution in [3.63, 3.8) is 0 Å². The molecular formula is C16H12ClN3O3. The van der Waals surface area contributed by atoms with Crippen LogP contribution >= 0.6 is 11.6 Å². The van der Waals surface area contributed by atoms with Crippen LogP contribution in [0.25, 0.3) is 11.1 Å². The van der Waals surface area contributed by atoms with Gasteiger partial charge in [0.1, 0.15) is 6.61 Å². The molecule has 116 valence electrons. The quantitative estimate of drug-likeness (QED) is 0.561. The van der Waals surface area contributed by atoms with Gasteiger partial charge >= 0.3 is 0 Å². The predicted molar refractivity (Wildman–Crippen MR) is 86.5 cm³/mol. The Labute approximate surface area is 136 Å². The highest BCUT2D eigenvalue weighted by molar-refractivity contribution is 6.30. The lowest BCUT2D eigenvalue weighted by molar-refractivity contribution is -0.385. The second kappa shape index (κ2) is 6.50. The van der Waals surface area contributed by atoms with E-state index in [0.29, 0.717) is 16.5 Å². The van der Waals surface area contributed by atoms with E-state index in [4.69, 9.17) is 16.3 Å². The number of nitrogens with zero attached hydrogens (tertiary/aromatic N) is 2. The summed E-state index contributed by atoms with van der Waals surface area (Å²) in [5.74, 6) is 0.449. The third-order valence-corrected chi connectivity index (χ3v) is 3.60. The molecule has 0 atom stereocenters. The summed E-state index contributed by atoms with van der Waals surface area (Å²) in [6.45, 7) is 0.0529. The summed E-state index contributed by atoms with van der Waals surface area (Å²) in [5, 5.41) is 18.4. The van der Waals surface area contributed by atoms with Crippen LogP contribution in [0.3, 0.4) is 0 Å². The Morgan fingerprint density at radius 1 is 1.17 bits per heavy atom. The van der Waals surface area contributed by atoms with Crippen molar-refractivity contribution < 1.29 is 9.66 Å². The summed E-state index contributed by atoms with van der Waals surface area (Å²) in [7, 11) is 0. The molecule has 7 heteroatoms. The van der Waals surface area contributed by atoms with Gasteiger partial charge in [0.15, 0.2) is 0 Å². The molecule has 23 heavy (non-hydrogen) atoms. The average molecular weight is 330 g/mol. The number of nitro benzene ring substituents is 1. The largest absolute Gasteiger partial charge is 0.473 e. The van der Waals surface area contributed by atoms with E-state index in [-0.39, 0.29) is 12.3 Å². The van der Waals surface area contributed by atoms with Crippen LogP contribution in [-0.4, -0.2) is 15.1 Å². The number of halogens is 1. The van der Waals surface area contributed by atoms with Crippen molar-refractivity contribution in [2.45, 2.75) is 6.61 Å². The fourth-order valence-electron chi connectivity index (χ4n) is 2.27. The van der Waals surface area contributed by atoms with Crippen LogP contribution in [0.4, 0.5) is 5.69 Å².